The van der Waals surface area contributed by atoms with Crippen LogP contribution in [0.15, 0.2) is 32.9 Å². The van der Waals surface area contributed by atoms with Crippen molar-refractivity contribution < 1.29 is 35.9 Å². The van der Waals surface area contributed by atoms with Crippen LogP contribution < -0.4 is 28.3 Å². The van der Waals surface area contributed by atoms with E-state index >= 15 is 0 Å². The van der Waals surface area contributed by atoms with Crippen molar-refractivity contribution in [3.05, 3.63) is 49.6 Å². The normalized spacial score (nSPS) is 17.7. The minimum atomic E-state index is -4.85. The monoisotopic (exact) mass is 680 g/mol. The molecule has 0 radical (unpaired) electrons. The molecular formula is C25H30F6N10O2S2. The number of carbonyl (C=O) groups is 1. The van der Waals surface area contributed by atoms with Gasteiger partial charge in [-0.1, -0.05) is 0 Å². The fourth-order valence-electron chi connectivity index (χ4n) is 4.41. The van der Waals surface area contributed by atoms with Gasteiger partial charge in [0.15, 0.2) is 5.96 Å². The van der Waals surface area contributed by atoms with E-state index in [2.05, 4.69) is 46.4 Å². The SMILES string of the molecule is COC(=O)C(F)(F)F.NC(N)=NC(N)=NC1CCCc2sccc21.Nc1nc(NC2CCCc3sccc32)nc(C(F)(F)F)n1. The molecule has 0 aromatic carbocycles. The molecule has 3 heterocycles. The van der Waals surface area contributed by atoms with Gasteiger partial charge in [0.05, 0.1) is 19.2 Å². The number of thiophene rings is 2. The predicted octanol–water partition coefficient (Wildman–Crippen LogP) is 4.46. The quantitative estimate of drug-likeness (QED) is 0.114. The number of methoxy groups -OCH3 is 1. The third-order valence-electron chi connectivity index (χ3n) is 6.23. The van der Waals surface area contributed by atoms with Gasteiger partial charge in [-0.15, -0.1) is 22.7 Å². The summed E-state index contributed by atoms with van der Waals surface area (Å²) >= 11 is 3.43. The largest absolute Gasteiger partial charge is 0.490 e. The van der Waals surface area contributed by atoms with Crippen LogP contribution in [0.25, 0.3) is 0 Å². The Morgan fingerprint density at radius 3 is 2.11 bits per heavy atom. The van der Waals surface area contributed by atoms with Crippen molar-refractivity contribution >= 4 is 52.5 Å². The van der Waals surface area contributed by atoms with E-state index in [0.717, 1.165) is 44.1 Å². The molecule has 9 N–H and O–H groups in total. The number of aryl methyl sites for hydroxylation is 2. The summed E-state index contributed by atoms with van der Waals surface area (Å²) in [6, 6.07) is 4.10. The highest BCUT2D eigenvalue weighted by atomic mass is 32.1. The summed E-state index contributed by atoms with van der Waals surface area (Å²) in [5, 5.41) is 7.01. The molecule has 12 nitrogen and oxygen atoms in total. The minimum Gasteiger partial charge on any atom is -0.462 e. The number of nitrogen functional groups attached to an aromatic ring is 1. The van der Waals surface area contributed by atoms with Gasteiger partial charge in [0, 0.05) is 9.75 Å². The first-order valence-electron chi connectivity index (χ1n) is 13.1. The lowest BCUT2D eigenvalue weighted by Gasteiger charge is -2.23. The molecule has 5 rings (SSSR count). The Morgan fingerprint density at radius 1 is 0.956 bits per heavy atom. The number of fused-ring (bicyclic) bond motifs is 2. The smallest absolute Gasteiger partial charge is 0.462 e. The maximum atomic E-state index is 12.7. The predicted molar refractivity (Wildman–Crippen MR) is 158 cm³/mol. The van der Waals surface area contributed by atoms with E-state index in [1.165, 1.54) is 15.3 Å². The number of alkyl halides is 6. The molecule has 2 unspecified atom stereocenters. The number of esters is 1. The van der Waals surface area contributed by atoms with Crippen molar-refractivity contribution in [2.24, 2.45) is 27.2 Å². The number of nitrogens with zero attached hydrogens (tertiary/aromatic N) is 5. The molecule has 0 amide bonds. The number of hydrogen-bond donors (Lipinski definition) is 5. The van der Waals surface area contributed by atoms with Crippen LogP contribution in [0.3, 0.4) is 0 Å². The maximum Gasteiger partial charge on any atom is 0.490 e. The van der Waals surface area contributed by atoms with Gasteiger partial charge in [-0.05, 0) is 72.5 Å². The topological polar surface area (TPSA) is 206 Å². The maximum absolute atomic E-state index is 12.7. The molecular weight excluding hydrogens is 650 g/mol. The summed E-state index contributed by atoms with van der Waals surface area (Å²) in [7, 11) is 0.676. The average molecular weight is 681 g/mol. The van der Waals surface area contributed by atoms with Crippen molar-refractivity contribution in [3.8, 4) is 0 Å². The molecule has 20 heteroatoms. The number of rotatable bonds is 3. The highest BCUT2D eigenvalue weighted by Gasteiger charge is 2.40. The molecule has 0 aliphatic heterocycles. The highest BCUT2D eigenvalue weighted by Crippen LogP contribution is 2.36. The van der Waals surface area contributed by atoms with Crippen molar-refractivity contribution in [1.29, 1.82) is 0 Å². The Morgan fingerprint density at radius 2 is 1.56 bits per heavy atom. The van der Waals surface area contributed by atoms with Crippen molar-refractivity contribution in [3.63, 3.8) is 0 Å². The molecule has 3 aromatic rings. The summed E-state index contributed by atoms with van der Waals surface area (Å²) in [6.45, 7) is 0. The number of aromatic nitrogens is 3. The van der Waals surface area contributed by atoms with Gasteiger partial charge in [-0.3, -0.25) is 0 Å². The van der Waals surface area contributed by atoms with E-state index in [1.54, 1.807) is 22.7 Å². The number of nitrogens with one attached hydrogen (secondary N) is 1. The molecule has 2 atom stereocenters. The Kier molecular flexibility index (Phi) is 11.9. The zero-order valence-electron chi connectivity index (χ0n) is 23.7. The Balaban J connectivity index is 0.000000204. The molecule has 0 spiro atoms. The number of carbonyl (C=O) groups excluding carboxylic acids is 1. The standard InChI is InChI=1S/C12H12F3N5S.C10H15N5S.C3H3F3O2/c13-12(14,15)9-18-10(16)20-11(19-9)17-7-2-1-3-8-6(7)4-5-21-8;11-9(12)15-10(13)14-7-2-1-3-8-6(7)4-5-16-8;1-8-2(7)3(4,5)6/h4-5,7H,1-3H2,(H3,16,17,18,19,20);4-5,7H,1-3H2,(H6,11,12,13,14,15);1H3. The first-order chi connectivity index (χ1) is 21.1. The molecule has 2 aliphatic carbocycles. The van der Waals surface area contributed by atoms with Crippen LogP contribution in [0.1, 0.15) is 64.5 Å². The molecule has 45 heavy (non-hydrogen) atoms. The fraction of sp³-hybridized carbons (Fsp3) is 0.440. The number of hydrogen-bond acceptors (Lipinski definition) is 10. The Labute approximate surface area is 261 Å². The molecule has 0 saturated carbocycles. The van der Waals surface area contributed by atoms with E-state index < -0.39 is 30.1 Å². The van der Waals surface area contributed by atoms with Crippen LogP contribution in [-0.4, -0.2) is 46.1 Å². The third kappa shape index (κ3) is 10.4. The van der Waals surface area contributed by atoms with Gasteiger partial charge in [-0.2, -0.15) is 46.3 Å². The van der Waals surface area contributed by atoms with E-state index in [4.69, 9.17) is 22.9 Å². The number of ether oxygens (including phenoxy) is 1. The van der Waals surface area contributed by atoms with Gasteiger partial charge in [0.25, 0.3) is 0 Å². The number of nitrogens with two attached hydrogens (primary N) is 4. The van der Waals surface area contributed by atoms with Crippen LogP contribution in [-0.2, 0) is 28.5 Å². The fourth-order valence-corrected chi connectivity index (χ4v) is 6.38. The average Bonchev–Trinajstić information content (AvgIpc) is 3.62. The molecule has 0 saturated heterocycles. The lowest BCUT2D eigenvalue weighted by atomic mass is 9.94. The highest BCUT2D eigenvalue weighted by molar-refractivity contribution is 7.10. The van der Waals surface area contributed by atoms with Gasteiger partial charge >= 0.3 is 18.3 Å². The summed E-state index contributed by atoms with van der Waals surface area (Å²) in [5.74, 6) is -3.93. The summed E-state index contributed by atoms with van der Waals surface area (Å²) in [6.07, 6.45) is -3.43. The minimum absolute atomic E-state index is 0.0531. The number of guanidine groups is 2. The second-order valence-electron chi connectivity index (χ2n) is 9.45. The molecule has 0 bridgehead atoms. The van der Waals surface area contributed by atoms with Gasteiger partial charge < -0.3 is 33.0 Å². The van der Waals surface area contributed by atoms with E-state index in [1.807, 2.05) is 11.4 Å². The van der Waals surface area contributed by atoms with Crippen LogP contribution in [0.5, 0.6) is 0 Å². The second-order valence-corrected chi connectivity index (χ2v) is 11.4. The van der Waals surface area contributed by atoms with E-state index in [0.29, 0.717) is 7.11 Å². The molecule has 0 fully saturated rings. The zero-order chi connectivity index (χ0) is 33.4. The third-order valence-corrected chi connectivity index (χ3v) is 8.22. The van der Waals surface area contributed by atoms with E-state index in [-0.39, 0.29) is 30.0 Å². The molecule has 246 valence electrons. The molecule has 2 aliphatic rings. The molecule has 3 aromatic heterocycles. The van der Waals surface area contributed by atoms with Crippen molar-refractivity contribution in [2.75, 3.05) is 18.2 Å². The van der Waals surface area contributed by atoms with Gasteiger partial charge in [0.2, 0.25) is 23.7 Å². The number of anilines is 2. The lowest BCUT2D eigenvalue weighted by molar-refractivity contribution is -0.196. The summed E-state index contributed by atoms with van der Waals surface area (Å²) in [4.78, 5) is 30.5. The van der Waals surface area contributed by atoms with Crippen LogP contribution in [0.2, 0.25) is 0 Å². The van der Waals surface area contributed by atoms with Crippen LogP contribution in [0.4, 0.5) is 38.2 Å². The second kappa shape index (κ2) is 15.2. The van der Waals surface area contributed by atoms with E-state index in [9.17, 15) is 31.1 Å². The first-order valence-corrected chi connectivity index (χ1v) is 14.9. The van der Waals surface area contributed by atoms with Crippen molar-refractivity contribution in [2.45, 2.75) is 63.0 Å². The number of halogens is 6. The first kappa shape index (κ1) is 35.3. The lowest BCUT2D eigenvalue weighted by Crippen LogP contribution is -2.26. The van der Waals surface area contributed by atoms with Crippen LogP contribution >= 0.6 is 22.7 Å². The zero-order valence-corrected chi connectivity index (χ0v) is 25.3. The van der Waals surface area contributed by atoms with Crippen LogP contribution in [0, 0.1) is 0 Å². The Hall–Kier alpha value is -4.20. The van der Waals surface area contributed by atoms with Crippen molar-refractivity contribution in [1.82, 2.24) is 15.0 Å². The summed E-state index contributed by atoms with van der Waals surface area (Å²) in [5.41, 5.74) is 23.8. The number of aliphatic imine (C=N–C) groups is 2. The Bertz CT molecular complexity index is 1500. The van der Waals surface area contributed by atoms with Gasteiger partial charge in [0.1, 0.15) is 0 Å². The van der Waals surface area contributed by atoms with Gasteiger partial charge in [-0.25, -0.2) is 9.79 Å². The summed E-state index contributed by atoms with van der Waals surface area (Å²) < 4.78 is 74.3.